The third-order valence-corrected chi connectivity index (χ3v) is 3.17. The zero-order valence-corrected chi connectivity index (χ0v) is 11.1. The van der Waals surface area contributed by atoms with Crippen LogP contribution in [0, 0.1) is 0 Å². The first kappa shape index (κ1) is 12.3. The van der Waals surface area contributed by atoms with Crippen LogP contribution in [0.15, 0.2) is 60.7 Å². The maximum absolute atomic E-state index is 4.66. The first-order chi connectivity index (χ1) is 9.75. The average molecular weight is 258 g/mol. The minimum atomic E-state index is 0.665. The average Bonchev–Trinajstić information content (AvgIpc) is 2.51. The first-order valence-corrected chi connectivity index (χ1v) is 6.42. The lowest BCUT2D eigenvalue weighted by Crippen LogP contribution is -2.29. The van der Waals surface area contributed by atoms with Crippen LogP contribution in [0.5, 0.6) is 0 Å². The molecule has 0 saturated heterocycles. The molecule has 0 aliphatic carbocycles. The van der Waals surface area contributed by atoms with Crippen molar-refractivity contribution in [3.05, 3.63) is 71.2 Å². The Morgan fingerprint density at radius 2 is 1.20 bits per heavy atom. The number of hydrogen-bond acceptors (Lipinski definition) is 2. The molecule has 0 saturated carbocycles. The number of nitrogens with zero attached hydrogens (tertiary/aromatic N) is 2. The largest absolute Gasteiger partial charge is 0.229 e. The van der Waals surface area contributed by atoms with E-state index in [0.717, 1.165) is 22.0 Å². The minimum absolute atomic E-state index is 0.665. The first-order valence-electron chi connectivity index (χ1n) is 6.42. The molecular weight excluding hydrogens is 244 g/mol. The molecule has 0 aliphatic heterocycles. The van der Waals surface area contributed by atoms with Crippen LogP contribution in [0.25, 0.3) is 35.8 Å². The van der Waals surface area contributed by atoms with E-state index in [1.165, 1.54) is 0 Å². The van der Waals surface area contributed by atoms with E-state index >= 15 is 0 Å². The van der Waals surface area contributed by atoms with Crippen molar-refractivity contribution in [1.82, 2.24) is 9.97 Å². The van der Waals surface area contributed by atoms with E-state index in [1.54, 1.807) is 0 Å². The van der Waals surface area contributed by atoms with Crippen LogP contribution in [0.2, 0.25) is 0 Å². The smallest absolute Gasteiger partial charge is 0.160 e. The summed E-state index contributed by atoms with van der Waals surface area (Å²) in [6.45, 7) is 8.02. The lowest BCUT2D eigenvalue weighted by atomic mass is 10.1. The molecule has 1 aromatic heterocycles. The van der Waals surface area contributed by atoms with Crippen LogP contribution in [0.1, 0.15) is 0 Å². The van der Waals surface area contributed by atoms with Crippen molar-refractivity contribution in [2.75, 3.05) is 0 Å². The molecule has 0 aliphatic rings. The highest BCUT2D eigenvalue weighted by atomic mass is 14.9. The highest BCUT2D eigenvalue weighted by Gasteiger charge is 2.06. The highest BCUT2D eigenvalue weighted by Crippen LogP contribution is 2.16. The van der Waals surface area contributed by atoms with Crippen LogP contribution < -0.4 is 10.6 Å². The quantitative estimate of drug-likeness (QED) is 0.706. The highest BCUT2D eigenvalue weighted by molar-refractivity contribution is 5.64. The van der Waals surface area contributed by atoms with E-state index in [4.69, 9.17) is 0 Å². The summed E-state index contributed by atoms with van der Waals surface area (Å²) in [7, 11) is 0. The van der Waals surface area contributed by atoms with Gasteiger partial charge in [0, 0.05) is 16.3 Å². The fraction of sp³-hybridized carbons (Fsp3) is 0. The molecule has 3 aromatic rings. The number of aromatic nitrogens is 2. The maximum atomic E-state index is 4.66. The molecule has 0 fully saturated rings. The molecule has 0 unspecified atom stereocenters. The van der Waals surface area contributed by atoms with Gasteiger partial charge in [0.25, 0.3) is 0 Å². The second kappa shape index (κ2) is 5.10. The molecule has 96 valence electrons. The molecule has 2 heteroatoms. The van der Waals surface area contributed by atoms with Gasteiger partial charge in [0.05, 0.1) is 11.0 Å². The Bertz CT molecular complexity index is 825. The lowest BCUT2D eigenvalue weighted by Gasteiger charge is -2.06. The van der Waals surface area contributed by atoms with Gasteiger partial charge in [-0.3, -0.25) is 0 Å². The van der Waals surface area contributed by atoms with Gasteiger partial charge in [-0.15, -0.1) is 0 Å². The van der Waals surface area contributed by atoms with E-state index in [-0.39, 0.29) is 0 Å². The molecule has 2 nitrogen and oxygen atoms in total. The summed E-state index contributed by atoms with van der Waals surface area (Å²) in [4.78, 5) is 9.10. The molecule has 0 radical (unpaired) electrons. The van der Waals surface area contributed by atoms with Crippen molar-refractivity contribution >= 4 is 13.2 Å². The van der Waals surface area contributed by atoms with Crippen LogP contribution in [-0.4, -0.2) is 9.97 Å². The second-order valence-electron chi connectivity index (χ2n) is 4.55. The predicted octanol–water partition coefficient (Wildman–Crippen LogP) is 2.63. The van der Waals surface area contributed by atoms with Crippen LogP contribution in [0.3, 0.4) is 0 Å². The fourth-order valence-corrected chi connectivity index (χ4v) is 2.08. The van der Waals surface area contributed by atoms with Crippen LogP contribution in [-0.2, 0) is 0 Å². The molecule has 1 heterocycles. The van der Waals surface area contributed by atoms with Crippen molar-refractivity contribution in [2.24, 2.45) is 0 Å². The normalized spacial score (nSPS) is 10.4. The molecule has 0 N–H and O–H groups in total. The molecule has 20 heavy (non-hydrogen) atoms. The second-order valence-corrected chi connectivity index (χ2v) is 4.55. The molecule has 0 spiro atoms. The summed E-state index contributed by atoms with van der Waals surface area (Å²) in [5.74, 6) is 0.682. The molecule has 2 aromatic carbocycles. The Kier molecular flexibility index (Phi) is 3.13. The number of benzene rings is 2. The van der Waals surface area contributed by atoms with Gasteiger partial charge in [0.15, 0.2) is 5.82 Å². The lowest BCUT2D eigenvalue weighted by molar-refractivity contribution is 1.12. The van der Waals surface area contributed by atoms with E-state index in [0.29, 0.717) is 11.2 Å². The van der Waals surface area contributed by atoms with E-state index < -0.39 is 0 Å². The zero-order valence-electron chi connectivity index (χ0n) is 11.1. The molecular formula is C18H14N2. The molecule has 0 bridgehead atoms. The van der Waals surface area contributed by atoms with Crippen molar-refractivity contribution in [1.29, 1.82) is 0 Å². The van der Waals surface area contributed by atoms with E-state index in [9.17, 15) is 0 Å². The van der Waals surface area contributed by atoms with Crippen molar-refractivity contribution in [3.8, 4) is 22.6 Å². The maximum Gasteiger partial charge on any atom is 0.160 e. The Morgan fingerprint density at radius 3 is 1.80 bits per heavy atom. The third kappa shape index (κ3) is 2.24. The predicted molar refractivity (Wildman–Crippen MR) is 83.2 cm³/mol. The van der Waals surface area contributed by atoms with E-state index in [2.05, 4.69) is 23.1 Å². The Morgan fingerprint density at radius 1 is 0.650 bits per heavy atom. The summed E-state index contributed by atoms with van der Waals surface area (Å²) in [6.07, 6.45) is 0. The van der Waals surface area contributed by atoms with Gasteiger partial charge in [-0.1, -0.05) is 73.8 Å². The van der Waals surface area contributed by atoms with Gasteiger partial charge in [-0.25, -0.2) is 9.97 Å². The SMILES string of the molecule is C=c1nc(-c2ccccc2)nc(-c2ccccc2)c1=C. The summed E-state index contributed by atoms with van der Waals surface area (Å²) < 4.78 is 0. The Hall–Kier alpha value is -2.74. The number of hydrogen-bond donors (Lipinski definition) is 0. The van der Waals surface area contributed by atoms with Crippen molar-refractivity contribution < 1.29 is 0 Å². The van der Waals surface area contributed by atoms with Gasteiger partial charge < -0.3 is 0 Å². The summed E-state index contributed by atoms with van der Waals surface area (Å²) in [5, 5.41) is 1.44. The summed E-state index contributed by atoms with van der Waals surface area (Å²) in [5.41, 5.74) is 2.85. The van der Waals surface area contributed by atoms with Gasteiger partial charge >= 0.3 is 0 Å². The topological polar surface area (TPSA) is 25.8 Å². The van der Waals surface area contributed by atoms with Crippen molar-refractivity contribution in [2.45, 2.75) is 0 Å². The third-order valence-electron chi connectivity index (χ3n) is 3.17. The molecule has 0 amide bonds. The molecule has 0 atom stereocenters. The van der Waals surface area contributed by atoms with Gasteiger partial charge in [0.2, 0.25) is 0 Å². The Balaban J connectivity index is 2.24. The van der Waals surface area contributed by atoms with Gasteiger partial charge in [-0.05, 0) is 0 Å². The summed E-state index contributed by atoms with van der Waals surface area (Å²) in [6, 6.07) is 19.9. The fourth-order valence-electron chi connectivity index (χ4n) is 2.08. The Labute approximate surface area is 117 Å². The standard InChI is InChI=1S/C18H14N2/c1-13-14(2)19-18(16-11-7-4-8-12-16)20-17(13)15-9-5-3-6-10-15/h3-12H,1-2H2. The minimum Gasteiger partial charge on any atom is -0.229 e. The van der Waals surface area contributed by atoms with Gasteiger partial charge in [-0.2, -0.15) is 0 Å². The number of rotatable bonds is 2. The van der Waals surface area contributed by atoms with Crippen LogP contribution >= 0.6 is 0 Å². The van der Waals surface area contributed by atoms with Gasteiger partial charge in [0.1, 0.15) is 0 Å². The molecule has 3 rings (SSSR count). The van der Waals surface area contributed by atoms with Crippen LogP contribution in [0.4, 0.5) is 0 Å². The zero-order chi connectivity index (χ0) is 13.9. The van der Waals surface area contributed by atoms with Crippen molar-refractivity contribution in [3.63, 3.8) is 0 Å². The van der Waals surface area contributed by atoms with E-state index in [1.807, 2.05) is 60.7 Å². The summed E-state index contributed by atoms with van der Waals surface area (Å²) >= 11 is 0. The monoisotopic (exact) mass is 258 g/mol.